The molecule has 3 heteroatoms. The van der Waals surface area contributed by atoms with Gasteiger partial charge in [-0.05, 0) is 27.7 Å². The van der Waals surface area contributed by atoms with Crippen molar-refractivity contribution >= 4 is 0 Å². The van der Waals surface area contributed by atoms with Gasteiger partial charge in [-0.3, -0.25) is 0 Å². The highest BCUT2D eigenvalue weighted by molar-refractivity contribution is 4.92. The molecule has 0 aliphatic carbocycles. The van der Waals surface area contributed by atoms with E-state index in [4.69, 9.17) is 0 Å². The molecule has 0 aromatic carbocycles. The van der Waals surface area contributed by atoms with E-state index in [2.05, 4.69) is 31.1 Å². The van der Waals surface area contributed by atoms with Crippen LogP contribution >= 0.6 is 0 Å². The fourth-order valence-electron chi connectivity index (χ4n) is 0.949. The monoisotopic (exact) mass is 139 g/mol. The van der Waals surface area contributed by atoms with Crippen LogP contribution in [0.2, 0.25) is 0 Å². The SMILES string of the molecule is Cc1cnnn1C(C)(C)C. The van der Waals surface area contributed by atoms with E-state index < -0.39 is 0 Å². The van der Waals surface area contributed by atoms with E-state index in [1.54, 1.807) is 6.20 Å². The molecule has 0 unspecified atom stereocenters. The zero-order valence-electron chi connectivity index (χ0n) is 6.92. The first-order chi connectivity index (χ1) is 4.52. The summed E-state index contributed by atoms with van der Waals surface area (Å²) in [6, 6.07) is 0. The van der Waals surface area contributed by atoms with Gasteiger partial charge in [-0.15, -0.1) is 5.10 Å². The van der Waals surface area contributed by atoms with Crippen LogP contribution in [0.1, 0.15) is 26.5 Å². The molecule has 0 N–H and O–H groups in total. The van der Waals surface area contributed by atoms with Gasteiger partial charge in [-0.1, -0.05) is 5.21 Å². The zero-order valence-corrected chi connectivity index (χ0v) is 6.92. The van der Waals surface area contributed by atoms with E-state index in [-0.39, 0.29) is 5.54 Å². The summed E-state index contributed by atoms with van der Waals surface area (Å²) in [5.41, 5.74) is 1.16. The first-order valence-corrected chi connectivity index (χ1v) is 3.39. The molecule has 0 spiro atoms. The number of hydrogen-bond donors (Lipinski definition) is 0. The Morgan fingerprint density at radius 3 is 2.20 bits per heavy atom. The number of nitrogens with zero attached hydrogens (tertiary/aromatic N) is 3. The minimum Gasteiger partial charge on any atom is -0.244 e. The Hall–Kier alpha value is -0.860. The Balaban J connectivity index is 3.05. The van der Waals surface area contributed by atoms with E-state index in [0.29, 0.717) is 0 Å². The van der Waals surface area contributed by atoms with Crippen molar-refractivity contribution in [2.45, 2.75) is 33.2 Å². The van der Waals surface area contributed by atoms with E-state index >= 15 is 0 Å². The third kappa shape index (κ3) is 1.17. The second-order valence-electron chi connectivity index (χ2n) is 3.46. The first kappa shape index (κ1) is 7.25. The molecule has 0 fully saturated rings. The van der Waals surface area contributed by atoms with Crippen molar-refractivity contribution in [3.05, 3.63) is 11.9 Å². The van der Waals surface area contributed by atoms with Gasteiger partial charge >= 0.3 is 0 Å². The first-order valence-electron chi connectivity index (χ1n) is 3.39. The van der Waals surface area contributed by atoms with Gasteiger partial charge < -0.3 is 0 Å². The lowest BCUT2D eigenvalue weighted by Crippen LogP contribution is -2.24. The van der Waals surface area contributed by atoms with Crippen molar-refractivity contribution in [3.63, 3.8) is 0 Å². The summed E-state index contributed by atoms with van der Waals surface area (Å²) in [6.45, 7) is 8.32. The molecule has 0 saturated heterocycles. The van der Waals surface area contributed by atoms with Crippen LogP contribution in [0.5, 0.6) is 0 Å². The largest absolute Gasteiger partial charge is 0.244 e. The molecule has 1 heterocycles. The standard InChI is InChI=1S/C7H13N3/c1-6-5-8-9-10(6)7(2,3)4/h5H,1-4H3. The van der Waals surface area contributed by atoms with Crippen molar-refractivity contribution in [2.24, 2.45) is 0 Å². The maximum Gasteiger partial charge on any atom is 0.0722 e. The van der Waals surface area contributed by atoms with Crippen LogP contribution in [-0.2, 0) is 5.54 Å². The minimum atomic E-state index is 0.0561. The van der Waals surface area contributed by atoms with Gasteiger partial charge in [0, 0.05) is 0 Å². The van der Waals surface area contributed by atoms with Crippen molar-refractivity contribution in [2.75, 3.05) is 0 Å². The van der Waals surface area contributed by atoms with Crippen molar-refractivity contribution in [1.29, 1.82) is 0 Å². The van der Waals surface area contributed by atoms with E-state index in [0.717, 1.165) is 5.69 Å². The van der Waals surface area contributed by atoms with Crippen LogP contribution in [0.15, 0.2) is 6.20 Å². The average Bonchev–Trinajstić information content (AvgIpc) is 2.11. The maximum atomic E-state index is 3.95. The lowest BCUT2D eigenvalue weighted by Gasteiger charge is -2.19. The summed E-state index contributed by atoms with van der Waals surface area (Å²) >= 11 is 0. The van der Waals surface area contributed by atoms with Gasteiger partial charge in [0.1, 0.15) is 0 Å². The Kier molecular flexibility index (Phi) is 1.50. The predicted molar refractivity (Wildman–Crippen MR) is 39.8 cm³/mol. The molecule has 3 nitrogen and oxygen atoms in total. The molecule has 1 aromatic rings. The van der Waals surface area contributed by atoms with E-state index in [1.165, 1.54) is 0 Å². The molecule has 0 radical (unpaired) electrons. The fourth-order valence-corrected chi connectivity index (χ4v) is 0.949. The quantitative estimate of drug-likeness (QED) is 0.543. The summed E-state index contributed by atoms with van der Waals surface area (Å²) in [6.07, 6.45) is 1.77. The molecule has 0 aliphatic rings. The predicted octanol–water partition coefficient (Wildman–Crippen LogP) is 1.34. The van der Waals surface area contributed by atoms with Crippen LogP contribution < -0.4 is 0 Å². The fraction of sp³-hybridized carbons (Fsp3) is 0.714. The lowest BCUT2D eigenvalue weighted by atomic mass is 10.1. The van der Waals surface area contributed by atoms with Gasteiger partial charge in [0.25, 0.3) is 0 Å². The van der Waals surface area contributed by atoms with E-state index in [9.17, 15) is 0 Å². The van der Waals surface area contributed by atoms with Crippen molar-refractivity contribution < 1.29 is 0 Å². The summed E-state index contributed by atoms with van der Waals surface area (Å²) in [7, 11) is 0. The molecular formula is C7H13N3. The van der Waals surface area contributed by atoms with Gasteiger partial charge in [-0.2, -0.15) is 0 Å². The number of aromatic nitrogens is 3. The van der Waals surface area contributed by atoms with Crippen molar-refractivity contribution in [1.82, 2.24) is 15.0 Å². The van der Waals surface area contributed by atoms with Gasteiger partial charge in [-0.25, -0.2) is 4.68 Å². The Labute approximate surface area is 61.1 Å². The highest BCUT2D eigenvalue weighted by Crippen LogP contribution is 2.12. The summed E-state index contributed by atoms with van der Waals surface area (Å²) in [5.74, 6) is 0. The number of rotatable bonds is 0. The normalized spacial score (nSPS) is 12.0. The van der Waals surface area contributed by atoms with Crippen LogP contribution in [0, 0.1) is 6.92 Å². The zero-order chi connectivity index (χ0) is 7.78. The highest BCUT2D eigenvalue weighted by atomic mass is 15.4. The van der Waals surface area contributed by atoms with E-state index in [1.807, 2.05) is 11.6 Å². The molecule has 0 saturated carbocycles. The molecule has 0 aliphatic heterocycles. The van der Waals surface area contributed by atoms with Crippen LogP contribution in [-0.4, -0.2) is 15.0 Å². The molecule has 10 heavy (non-hydrogen) atoms. The third-order valence-electron chi connectivity index (χ3n) is 1.36. The van der Waals surface area contributed by atoms with Crippen LogP contribution in [0.3, 0.4) is 0 Å². The molecule has 1 aromatic heterocycles. The second kappa shape index (κ2) is 2.08. The summed E-state index contributed by atoms with van der Waals surface area (Å²) in [5, 5.41) is 7.75. The average molecular weight is 139 g/mol. The third-order valence-corrected chi connectivity index (χ3v) is 1.36. The molecule has 1 rings (SSSR count). The smallest absolute Gasteiger partial charge is 0.0722 e. The Morgan fingerprint density at radius 2 is 2.00 bits per heavy atom. The molecule has 56 valence electrons. The topological polar surface area (TPSA) is 30.7 Å². The second-order valence-corrected chi connectivity index (χ2v) is 3.46. The van der Waals surface area contributed by atoms with Crippen LogP contribution in [0.25, 0.3) is 0 Å². The van der Waals surface area contributed by atoms with Gasteiger partial charge in [0.15, 0.2) is 0 Å². The van der Waals surface area contributed by atoms with Crippen molar-refractivity contribution in [3.8, 4) is 0 Å². The Morgan fingerprint density at radius 1 is 1.40 bits per heavy atom. The molecule has 0 bridgehead atoms. The molecular weight excluding hydrogens is 126 g/mol. The molecule has 0 amide bonds. The number of hydrogen-bond acceptors (Lipinski definition) is 2. The molecule has 0 atom stereocenters. The lowest BCUT2D eigenvalue weighted by molar-refractivity contribution is 0.339. The summed E-state index contributed by atoms with van der Waals surface area (Å²) in [4.78, 5) is 0. The van der Waals surface area contributed by atoms with Gasteiger partial charge in [0.2, 0.25) is 0 Å². The summed E-state index contributed by atoms with van der Waals surface area (Å²) < 4.78 is 1.91. The Bertz CT molecular complexity index is 219. The van der Waals surface area contributed by atoms with Gasteiger partial charge in [0.05, 0.1) is 17.4 Å². The number of aryl methyl sites for hydroxylation is 1. The highest BCUT2D eigenvalue weighted by Gasteiger charge is 2.15. The minimum absolute atomic E-state index is 0.0561. The maximum absolute atomic E-state index is 3.95. The van der Waals surface area contributed by atoms with Crippen LogP contribution in [0.4, 0.5) is 0 Å².